The second kappa shape index (κ2) is 7.71. The largest absolute Gasteiger partial charge is 0.496 e. The molecule has 2 N–H and O–H groups in total. The van der Waals surface area contributed by atoms with Crippen molar-refractivity contribution in [2.24, 2.45) is 0 Å². The molecule has 0 spiro atoms. The van der Waals surface area contributed by atoms with Crippen molar-refractivity contribution in [1.82, 2.24) is 14.5 Å². The van der Waals surface area contributed by atoms with Gasteiger partial charge in [-0.15, -0.1) is 0 Å². The highest BCUT2D eigenvalue weighted by Crippen LogP contribution is 2.37. The average Bonchev–Trinajstić information content (AvgIpc) is 3.08. The van der Waals surface area contributed by atoms with E-state index in [-0.39, 0.29) is 0 Å². The highest BCUT2D eigenvalue weighted by atomic mass is 32.2. The molecule has 0 aliphatic carbocycles. The summed E-state index contributed by atoms with van der Waals surface area (Å²) in [7, 11) is -0.110. The molecule has 1 aliphatic rings. The third-order valence-corrected chi connectivity index (χ3v) is 6.99. The minimum atomic E-state index is -0.465. The van der Waals surface area contributed by atoms with Crippen LogP contribution in [0.5, 0.6) is 0 Å². The average molecular weight is 429 g/mol. The van der Waals surface area contributed by atoms with Gasteiger partial charge in [0.25, 0.3) is 0 Å². The van der Waals surface area contributed by atoms with E-state index < -0.39 is 18.3 Å². The zero-order chi connectivity index (χ0) is 21.7. The van der Waals surface area contributed by atoms with E-state index in [1.54, 1.807) is 6.20 Å². The lowest BCUT2D eigenvalue weighted by molar-refractivity contribution is 0.00578. The normalized spacial score (nSPS) is 18.2. The van der Waals surface area contributed by atoms with Crippen molar-refractivity contribution in [1.29, 1.82) is 0 Å². The lowest BCUT2D eigenvalue weighted by Crippen LogP contribution is -2.41. The predicted molar refractivity (Wildman–Crippen MR) is 125 cm³/mol. The Morgan fingerprint density at radius 2 is 1.77 bits per heavy atom. The van der Waals surface area contributed by atoms with Crippen molar-refractivity contribution < 1.29 is 14.0 Å². The highest BCUT2D eigenvalue weighted by Gasteiger charge is 2.51. The number of nitrogens with zero attached hydrogens (tertiary/aromatic N) is 3. The van der Waals surface area contributed by atoms with E-state index in [9.17, 15) is 0 Å². The van der Waals surface area contributed by atoms with E-state index in [1.807, 2.05) is 40.0 Å². The Labute approximate surface area is 180 Å². The summed E-state index contributed by atoms with van der Waals surface area (Å²) < 4.78 is 20.4. The van der Waals surface area contributed by atoms with Gasteiger partial charge in [0.15, 0.2) is 0 Å². The number of fused-ring (bicyclic) bond motifs is 3. The molecule has 0 saturated carbocycles. The van der Waals surface area contributed by atoms with Gasteiger partial charge in [-0.2, -0.15) is 0 Å². The fourth-order valence-corrected chi connectivity index (χ4v) is 3.97. The Balaban J connectivity index is 1.73. The van der Waals surface area contributed by atoms with Crippen LogP contribution in [0.25, 0.3) is 21.9 Å². The molecule has 4 rings (SSSR count). The van der Waals surface area contributed by atoms with Gasteiger partial charge in [-0.3, -0.25) is 4.57 Å². The van der Waals surface area contributed by atoms with Gasteiger partial charge in [0.2, 0.25) is 0 Å². The summed E-state index contributed by atoms with van der Waals surface area (Å²) in [5.41, 5.74) is 7.86. The quantitative estimate of drug-likeness (QED) is 0.368. The first kappa shape index (κ1) is 21.4. The van der Waals surface area contributed by atoms with Crippen LogP contribution in [-0.2, 0) is 31.7 Å². The molecule has 0 radical (unpaired) electrons. The molecule has 9 heteroatoms. The summed E-state index contributed by atoms with van der Waals surface area (Å²) in [4.78, 5) is 9.04. The molecule has 3 aromatic heterocycles. The van der Waals surface area contributed by atoms with Crippen molar-refractivity contribution in [3.63, 3.8) is 0 Å². The van der Waals surface area contributed by atoms with Gasteiger partial charge >= 0.3 is 7.12 Å². The second-order valence-corrected chi connectivity index (χ2v) is 11.4. The van der Waals surface area contributed by atoms with Crippen molar-refractivity contribution in [3.05, 3.63) is 24.5 Å². The van der Waals surface area contributed by atoms with Gasteiger partial charge in [0.05, 0.1) is 42.0 Å². The maximum atomic E-state index is 6.21. The third-order valence-electron chi connectivity index (χ3n) is 6.01. The SMILES string of the molecule is C[S+](C)CCOCn1c2cnc(N)cc2c2cc(B3OC(C)(C)C(C)(C)O3)cnc21. The summed E-state index contributed by atoms with van der Waals surface area (Å²) in [5, 5.41) is 1.98. The van der Waals surface area contributed by atoms with Gasteiger partial charge in [0, 0.05) is 22.4 Å². The minimum Gasteiger partial charge on any atom is -0.399 e. The summed E-state index contributed by atoms with van der Waals surface area (Å²) in [6.45, 7) is 9.33. The number of nitrogen functional groups attached to an aromatic ring is 1. The van der Waals surface area contributed by atoms with Crippen molar-refractivity contribution >= 4 is 51.2 Å². The topological polar surface area (TPSA) is 84.4 Å². The van der Waals surface area contributed by atoms with Gasteiger partial charge in [0.1, 0.15) is 23.9 Å². The molecule has 0 aromatic carbocycles. The molecular weight excluding hydrogens is 399 g/mol. The smallest absolute Gasteiger partial charge is 0.399 e. The van der Waals surface area contributed by atoms with E-state index in [4.69, 9.17) is 24.8 Å². The van der Waals surface area contributed by atoms with Crippen LogP contribution in [0.15, 0.2) is 24.5 Å². The van der Waals surface area contributed by atoms with E-state index in [2.05, 4.69) is 28.1 Å². The Hall–Kier alpha value is -1.81. The van der Waals surface area contributed by atoms with Crippen LogP contribution in [0.3, 0.4) is 0 Å². The first-order chi connectivity index (χ1) is 14.1. The summed E-state index contributed by atoms with van der Waals surface area (Å²) in [5.74, 6) is 1.52. The van der Waals surface area contributed by atoms with Crippen LogP contribution in [-0.4, -0.2) is 57.7 Å². The number of rotatable bonds is 6. The van der Waals surface area contributed by atoms with E-state index in [1.165, 1.54) is 0 Å². The van der Waals surface area contributed by atoms with Crippen LogP contribution in [0, 0.1) is 0 Å². The Morgan fingerprint density at radius 3 is 2.43 bits per heavy atom. The molecule has 160 valence electrons. The number of aromatic nitrogens is 3. The van der Waals surface area contributed by atoms with Crippen molar-refractivity contribution in [3.8, 4) is 0 Å². The molecule has 1 fully saturated rings. The molecule has 4 heterocycles. The molecule has 0 bridgehead atoms. The highest BCUT2D eigenvalue weighted by molar-refractivity contribution is 7.95. The molecule has 7 nitrogen and oxygen atoms in total. The molecule has 1 saturated heterocycles. The number of anilines is 1. The number of hydrogen-bond donors (Lipinski definition) is 1. The zero-order valence-corrected chi connectivity index (χ0v) is 19.4. The Morgan fingerprint density at radius 1 is 1.07 bits per heavy atom. The maximum Gasteiger partial charge on any atom is 0.496 e. The van der Waals surface area contributed by atoms with Crippen LogP contribution in [0.1, 0.15) is 27.7 Å². The lowest BCUT2D eigenvalue weighted by atomic mass is 9.80. The monoisotopic (exact) mass is 429 g/mol. The van der Waals surface area contributed by atoms with Crippen molar-refractivity contribution in [2.45, 2.75) is 45.6 Å². The van der Waals surface area contributed by atoms with Crippen molar-refractivity contribution in [2.75, 3.05) is 30.6 Å². The molecule has 0 unspecified atom stereocenters. The third kappa shape index (κ3) is 3.79. The number of pyridine rings is 2. The molecular formula is C21H30BN4O3S+. The van der Waals surface area contributed by atoms with E-state index >= 15 is 0 Å². The van der Waals surface area contributed by atoms with Crippen LogP contribution >= 0.6 is 0 Å². The number of hydrogen-bond acceptors (Lipinski definition) is 6. The summed E-state index contributed by atoms with van der Waals surface area (Å²) >= 11 is 0. The fraction of sp³-hybridized carbons (Fsp3) is 0.524. The van der Waals surface area contributed by atoms with E-state index in [0.717, 1.165) is 33.2 Å². The van der Waals surface area contributed by atoms with Crippen LogP contribution < -0.4 is 11.2 Å². The molecule has 0 amide bonds. The predicted octanol–water partition coefficient (Wildman–Crippen LogP) is 2.32. The van der Waals surface area contributed by atoms with E-state index in [0.29, 0.717) is 30.1 Å². The molecule has 30 heavy (non-hydrogen) atoms. The molecule has 3 aromatic rings. The van der Waals surface area contributed by atoms with Gasteiger partial charge in [-0.25, -0.2) is 9.97 Å². The fourth-order valence-electron chi connectivity index (χ4n) is 3.52. The summed E-state index contributed by atoms with van der Waals surface area (Å²) in [6, 6.07) is 3.97. The van der Waals surface area contributed by atoms with Gasteiger partial charge < -0.3 is 19.8 Å². The first-order valence-electron chi connectivity index (χ1n) is 10.1. The first-order valence-corrected chi connectivity index (χ1v) is 12.3. The lowest BCUT2D eigenvalue weighted by Gasteiger charge is -2.32. The zero-order valence-electron chi connectivity index (χ0n) is 18.6. The number of ether oxygens (including phenoxy) is 1. The minimum absolute atomic E-state index is 0.355. The molecule has 1 aliphatic heterocycles. The van der Waals surface area contributed by atoms with Crippen LogP contribution in [0.4, 0.5) is 5.82 Å². The van der Waals surface area contributed by atoms with Gasteiger partial charge in [-0.1, -0.05) is 0 Å². The Bertz CT molecular complexity index is 1070. The standard InChI is InChI=1S/C21H30BN4O3S/c1-20(2)21(3,4)29-22(28-20)14-9-16-15-10-18(23)24-12-17(15)26(19(16)25-11-14)13-27-7-8-30(5)6/h9-12H,7-8,13H2,1-6H3,(H2,23,24)/q+1. The van der Waals surface area contributed by atoms with Gasteiger partial charge in [-0.05, 0) is 50.7 Å². The second-order valence-electron chi connectivity index (χ2n) is 9.01. The molecule has 0 atom stereocenters. The number of nitrogens with two attached hydrogens (primary N) is 1. The summed E-state index contributed by atoms with van der Waals surface area (Å²) in [6.07, 6.45) is 8.05. The maximum absolute atomic E-state index is 6.21. The van der Waals surface area contributed by atoms with Crippen LogP contribution in [0.2, 0.25) is 0 Å². The Kier molecular flexibility index (Phi) is 5.51.